The normalized spacial score (nSPS) is 6.18. The van der Waals surface area contributed by atoms with Crippen molar-refractivity contribution in [2.45, 2.75) is 12.8 Å². The summed E-state index contributed by atoms with van der Waals surface area (Å²) in [4.78, 5) is 19.3. The maximum absolute atomic E-state index is 9.64. The molecule has 0 bridgehead atoms. The van der Waals surface area contributed by atoms with Gasteiger partial charge in [0.2, 0.25) is 0 Å². The van der Waals surface area contributed by atoms with Gasteiger partial charge in [0.05, 0.1) is 12.8 Å². The number of carbonyl (C=O) groups is 2. The summed E-state index contributed by atoms with van der Waals surface area (Å²) in [6, 6.07) is 0. The molecule has 4 N–H and O–H groups in total. The quantitative estimate of drug-likeness (QED) is 0.423. The van der Waals surface area contributed by atoms with E-state index >= 15 is 0 Å². The van der Waals surface area contributed by atoms with Crippen LogP contribution in [0.4, 0.5) is 0 Å². The van der Waals surface area contributed by atoms with Crippen molar-refractivity contribution in [1.82, 2.24) is 0 Å². The summed E-state index contributed by atoms with van der Waals surface area (Å²) in [6.45, 7) is 0. The summed E-state index contributed by atoms with van der Waals surface area (Å²) in [6.07, 6.45) is -0.593. The molecule has 0 heterocycles. The zero-order valence-corrected chi connectivity index (χ0v) is 10.6. The second-order valence-corrected chi connectivity index (χ2v) is 1.29. The Balaban J connectivity index is -0.0000000817. The number of carboxylic acids is 2. The van der Waals surface area contributed by atoms with Crippen LogP contribution in [0.2, 0.25) is 0 Å². The summed E-state index contributed by atoms with van der Waals surface area (Å²) in [5.41, 5.74) is 0. The first-order valence-electron chi connectivity index (χ1n) is 2.06. The molecule has 5 nitrogen and oxygen atoms in total. The maximum Gasteiger partial charge on any atom is 1.00 e. The van der Waals surface area contributed by atoms with Gasteiger partial charge in [-0.05, 0) is 0 Å². The zero-order valence-electron chi connectivity index (χ0n) is 6.63. The molecule has 11 heavy (non-hydrogen) atoms. The molecular formula is C4H8Na2O5+2. The Kier molecular flexibility index (Phi) is 27.8. The summed E-state index contributed by atoms with van der Waals surface area (Å²) >= 11 is 0. The SMILES string of the molecule is O.O=C(O)CCC(=O)O.[Na+].[Na+]. The Hall–Kier alpha value is 0.900. The van der Waals surface area contributed by atoms with Crippen LogP contribution < -0.4 is 59.1 Å². The van der Waals surface area contributed by atoms with Gasteiger partial charge in [-0.1, -0.05) is 0 Å². The van der Waals surface area contributed by atoms with Crippen molar-refractivity contribution in [3.63, 3.8) is 0 Å². The molecule has 0 unspecified atom stereocenters. The Bertz CT molecular complexity index is 101. The van der Waals surface area contributed by atoms with Gasteiger partial charge in [-0.25, -0.2) is 0 Å². The van der Waals surface area contributed by atoms with Crippen LogP contribution in [0, 0.1) is 0 Å². The number of rotatable bonds is 3. The minimum absolute atomic E-state index is 0. The third kappa shape index (κ3) is 24.8. The van der Waals surface area contributed by atoms with Crippen LogP contribution in [-0.2, 0) is 9.59 Å². The fourth-order valence-electron chi connectivity index (χ4n) is 0.214. The van der Waals surface area contributed by atoms with E-state index in [2.05, 4.69) is 0 Å². The van der Waals surface area contributed by atoms with Crippen molar-refractivity contribution in [2.75, 3.05) is 0 Å². The van der Waals surface area contributed by atoms with E-state index in [0.29, 0.717) is 0 Å². The molecule has 0 atom stereocenters. The molecule has 0 spiro atoms. The average Bonchev–Trinajstić information content (AvgIpc) is 1.61. The smallest absolute Gasteiger partial charge is 0.481 e. The van der Waals surface area contributed by atoms with E-state index in [-0.39, 0.29) is 77.4 Å². The van der Waals surface area contributed by atoms with Crippen molar-refractivity contribution < 1.29 is 84.4 Å². The fraction of sp³-hybridized carbons (Fsp3) is 0.500. The van der Waals surface area contributed by atoms with Crippen molar-refractivity contribution in [3.8, 4) is 0 Å². The summed E-state index contributed by atoms with van der Waals surface area (Å²) in [5.74, 6) is -2.15. The second-order valence-electron chi connectivity index (χ2n) is 1.29. The van der Waals surface area contributed by atoms with Gasteiger partial charge in [-0.3, -0.25) is 9.59 Å². The molecule has 0 saturated carbocycles. The monoisotopic (exact) mass is 182 g/mol. The minimum atomic E-state index is -1.08. The molecule has 0 aliphatic heterocycles. The van der Waals surface area contributed by atoms with E-state index in [4.69, 9.17) is 10.2 Å². The third-order valence-electron chi connectivity index (χ3n) is 0.553. The Labute approximate surface area is 108 Å². The molecule has 0 aromatic heterocycles. The summed E-state index contributed by atoms with van der Waals surface area (Å²) in [5, 5.41) is 15.8. The predicted octanol–water partition coefficient (Wildman–Crippen LogP) is -6.88. The van der Waals surface area contributed by atoms with E-state index in [0.717, 1.165) is 0 Å². The van der Waals surface area contributed by atoms with Gasteiger partial charge in [0, 0.05) is 0 Å². The van der Waals surface area contributed by atoms with Crippen LogP contribution in [0.5, 0.6) is 0 Å². The largest absolute Gasteiger partial charge is 1.00 e. The first-order valence-corrected chi connectivity index (χ1v) is 2.06. The molecule has 0 aliphatic rings. The van der Waals surface area contributed by atoms with Gasteiger partial charge >= 0.3 is 71.1 Å². The van der Waals surface area contributed by atoms with Gasteiger partial charge in [-0.2, -0.15) is 0 Å². The van der Waals surface area contributed by atoms with Crippen molar-refractivity contribution >= 4 is 11.9 Å². The number of hydrogen-bond donors (Lipinski definition) is 2. The van der Waals surface area contributed by atoms with Gasteiger partial charge in [0.25, 0.3) is 0 Å². The van der Waals surface area contributed by atoms with Crippen molar-refractivity contribution in [1.29, 1.82) is 0 Å². The maximum atomic E-state index is 9.64. The number of carboxylic acid groups (broad SMARTS) is 2. The van der Waals surface area contributed by atoms with Gasteiger partial charge in [0.15, 0.2) is 0 Å². The van der Waals surface area contributed by atoms with E-state index in [1.807, 2.05) is 0 Å². The molecule has 0 amide bonds. The van der Waals surface area contributed by atoms with Gasteiger partial charge < -0.3 is 15.7 Å². The van der Waals surface area contributed by atoms with E-state index < -0.39 is 11.9 Å². The molecule has 0 saturated heterocycles. The van der Waals surface area contributed by atoms with E-state index in [1.54, 1.807) is 0 Å². The number of hydrogen-bond acceptors (Lipinski definition) is 2. The molecule has 0 aromatic carbocycles. The molecule has 0 fully saturated rings. The van der Waals surface area contributed by atoms with Crippen LogP contribution in [0.1, 0.15) is 12.8 Å². The topological polar surface area (TPSA) is 106 Å². The van der Waals surface area contributed by atoms with Gasteiger partial charge in [-0.15, -0.1) is 0 Å². The average molecular weight is 182 g/mol. The van der Waals surface area contributed by atoms with Crippen LogP contribution in [0.25, 0.3) is 0 Å². The Morgan fingerprint density at radius 3 is 1.18 bits per heavy atom. The van der Waals surface area contributed by atoms with Gasteiger partial charge in [0.1, 0.15) is 0 Å². The van der Waals surface area contributed by atoms with E-state index in [1.165, 1.54) is 0 Å². The summed E-state index contributed by atoms with van der Waals surface area (Å²) < 4.78 is 0. The first kappa shape index (κ1) is 22.7. The molecule has 54 valence electrons. The molecule has 0 aliphatic carbocycles. The molecule has 0 aromatic rings. The first-order chi connectivity index (χ1) is 3.63. The number of aliphatic carboxylic acids is 2. The van der Waals surface area contributed by atoms with Crippen molar-refractivity contribution in [2.24, 2.45) is 0 Å². The molecule has 0 radical (unpaired) electrons. The minimum Gasteiger partial charge on any atom is -0.481 e. The molecular weight excluding hydrogens is 174 g/mol. The van der Waals surface area contributed by atoms with Crippen LogP contribution >= 0.6 is 0 Å². The van der Waals surface area contributed by atoms with Crippen LogP contribution in [0.3, 0.4) is 0 Å². The van der Waals surface area contributed by atoms with Crippen LogP contribution in [0.15, 0.2) is 0 Å². The Morgan fingerprint density at radius 2 is 1.09 bits per heavy atom. The second kappa shape index (κ2) is 13.5. The molecule has 7 heteroatoms. The Morgan fingerprint density at radius 1 is 0.909 bits per heavy atom. The van der Waals surface area contributed by atoms with Crippen LogP contribution in [-0.4, -0.2) is 27.6 Å². The molecule has 0 rings (SSSR count). The summed E-state index contributed by atoms with van der Waals surface area (Å²) in [7, 11) is 0. The predicted molar refractivity (Wildman–Crippen MR) is 28.1 cm³/mol. The fourth-order valence-corrected chi connectivity index (χ4v) is 0.214. The van der Waals surface area contributed by atoms with E-state index in [9.17, 15) is 9.59 Å². The zero-order chi connectivity index (χ0) is 6.57. The third-order valence-corrected chi connectivity index (χ3v) is 0.553. The van der Waals surface area contributed by atoms with Crippen molar-refractivity contribution in [3.05, 3.63) is 0 Å². The standard InChI is InChI=1S/C4H6O4.2Na.H2O/c5-3(6)1-2-4(7)8;;;/h1-2H2,(H,5,6)(H,7,8);;;1H2/q;2*+1;.